The molecule has 3 rings (SSSR count). The van der Waals surface area contributed by atoms with Crippen molar-refractivity contribution in [1.82, 2.24) is 4.57 Å². The van der Waals surface area contributed by atoms with Crippen LogP contribution in [0.25, 0.3) is 10.2 Å². The van der Waals surface area contributed by atoms with E-state index in [1.54, 1.807) is 12.1 Å². The molecule has 0 bridgehead atoms. The van der Waals surface area contributed by atoms with E-state index in [4.69, 9.17) is 4.42 Å². The zero-order valence-corrected chi connectivity index (χ0v) is 14.7. The monoisotopic (exact) mass is 374 g/mol. The number of thiazole rings is 1. The molecule has 10 heteroatoms. The van der Waals surface area contributed by atoms with Crippen LogP contribution in [-0.2, 0) is 11.3 Å². The number of amides is 2. The Morgan fingerprint density at radius 2 is 2.12 bits per heavy atom. The Bertz CT molecular complexity index is 1090. The summed E-state index contributed by atoms with van der Waals surface area (Å²) < 4.78 is 7.58. The third-order valence-electron chi connectivity index (χ3n) is 3.50. The molecule has 0 unspecified atom stereocenters. The summed E-state index contributed by atoms with van der Waals surface area (Å²) in [7, 11) is 0. The number of carbonyl (C=O) groups is 2. The first kappa shape index (κ1) is 17.5. The molecule has 26 heavy (non-hydrogen) atoms. The van der Waals surface area contributed by atoms with Gasteiger partial charge in [0, 0.05) is 19.2 Å². The Hall–Kier alpha value is -3.27. The van der Waals surface area contributed by atoms with E-state index in [9.17, 15) is 19.7 Å². The van der Waals surface area contributed by atoms with E-state index >= 15 is 0 Å². The van der Waals surface area contributed by atoms with Crippen molar-refractivity contribution in [1.29, 1.82) is 0 Å². The second-order valence-corrected chi connectivity index (χ2v) is 6.31. The van der Waals surface area contributed by atoms with Crippen molar-refractivity contribution in [2.75, 3.05) is 5.32 Å². The lowest BCUT2D eigenvalue weighted by molar-refractivity contribution is -0.402. The molecule has 0 radical (unpaired) electrons. The van der Waals surface area contributed by atoms with Gasteiger partial charge in [-0.3, -0.25) is 19.7 Å². The number of hydrogen-bond acceptors (Lipinski definition) is 6. The molecule has 2 heterocycles. The van der Waals surface area contributed by atoms with Crippen LogP contribution in [-0.4, -0.2) is 21.3 Å². The predicted molar refractivity (Wildman–Crippen MR) is 95.0 cm³/mol. The van der Waals surface area contributed by atoms with Gasteiger partial charge in [-0.1, -0.05) is 11.3 Å². The van der Waals surface area contributed by atoms with Gasteiger partial charge in [-0.2, -0.15) is 4.99 Å². The summed E-state index contributed by atoms with van der Waals surface area (Å²) in [6, 6.07) is 7.74. The molecule has 0 saturated carbocycles. The molecule has 0 spiro atoms. The topological polar surface area (TPSA) is 120 Å². The molecular weight excluding hydrogens is 360 g/mol. The first-order valence-electron chi connectivity index (χ1n) is 7.63. The molecule has 2 amide bonds. The highest BCUT2D eigenvalue weighted by molar-refractivity contribution is 7.16. The number of anilines is 1. The van der Waals surface area contributed by atoms with Gasteiger partial charge in [0.05, 0.1) is 16.3 Å². The summed E-state index contributed by atoms with van der Waals surface area (Å²) in [5.74, 6) is -1.59. The number of rotatable bonds is 4. The molecule has 0 aliphatic carbocycles. The summed E-state index contributed by atoms with van der Waals surface area (Å²) >= 11 is 1.27. The summed E-state index contributed by atoms with van der Waals surface area (Å²) in [6.07, 6.45) is 0. The molecule has 9 nitrogen and oxygen atoms in total. The smallest absolute Gasteiger partial charge is 0.395 e. The van der Waals surface area contributed by atoms with Gasteiger partial charge >= 0.3 is 11.8 Å². The van der Waals surface area contributed by atoms with Crippen LogP contribution in [0.3, 0.4) is 0 Å². The number of benzene rings is 1. The second-order valence-electron chi connectivity index (χ2n) is 5.30. The standard InChI is InChI=1S/C16H14N4O5S/c1-3-19-11-5-4-10(17-9(2)21)8-13(11)26-16(19)18-15(22)12-6-7-14(25-12)20(23)24/h4-8H,3H2,1-2H3,(H,17,21). The van der Waals surface area contributed by atoms with Crippen molar-refractivity contribution < 1.29 is 18.9 Å². The fourth-order valence-electron chi connectivity index (χ4n) is 2.43. The van der Waals surface area contributed by atoms with Crippen LogP contribution in [0.5, 0.6) is 0 Å². The number of fused-ring (bicyclic) bond motifs is 1. The Balaban J connectivity index is 2.04. The summed E-state index contributed by atoms with van der Waals surface area (Å²) in [5, 5.41) is 13.4. The Labute approximate surface area is 150 Å². The largest absolute Gasteiger partial charge is 0.433 e. The van der Waals surface area contributed by atoms with Crippen LogP contribution >= 0.6 is 11.3 Å². The first-order valence-corrected chi connectivity index (χ1v) is 8.45. The van der Waals surface area contributed by atoms with Crippen LogP contribution in [0.15, 0.2) is 39.7 Å². The molecule has 0 fully saturated rings. The second kappa shape index (κ2) is 6.92. The van der Waals surface area contributed by atoms with Crippen molar-refractivity contribution in [3.05, 3.63) is 51.0 Å². The maximum Gasteiger partial charge on any atom is 0.433 e. The third kappa shape index (κ3) is 3.40. The van der Waals surface area contributed by atoms with Gasteiger partial charge in [0.25, 0.3) is 0 Å². The molecule has 1 aromatic carbocycles. The fourth-order valence-corrected chi connectivity index (χ4v) is 3.56. The normalized spacial score (nSPS) is 11.7. The van der Waals surface area contributed by atoms with Crippen molar-refractivity contribution in [3.63, 3.8) is 0 Å². The molecule has 2 aromatic heterocycles. The van der Waals surface area contributed by atoms with E-state index in [0.717, 1.165) is 16.3 Å². The van der Waals surface area contributed by atoms with Crippen molar-refractivity contribution >= 4 is 44.9 Å². The lowest BCUT2D eigenvalue weighted by atomic mass is 10.3. The maximum absolute atomic E-state index is 12.3. The fraction of sp³-hybridized carbons (Fsp3) is 0.188. The van der Waals surface area contributed by atoms with Gasteiger partial charge < -0.3 is 14.3 Å². The van der Waals surface area contributed by atoms with Crippen molar-refractivity contribution in [3.8, 4) is 0 Å². The molecule has 3 aromatic rings. The predicted octanol–water partition coefficient (Wildman–Crippen LogP) is 2.92. The number of aryl methyl sites for hydroxylation is 1. The molecule has 0 aliphatic rings. The number of nitrogens with zero attached hydrogens (tertiary/aromatic N) is 3. The third-order valence-corrected chi connectivity index (χ3v) is 4.54. The Kier molecular flexibility index (Phi) is 4.67. The lowest BCUT2D eigenvalue weighted by Crippen LogP contribution is -2.15. The van der Waals surface area contributed by atoms with Gasteiger partial charge in [-0.15, -0.1) is 0 Å². The highest BCUT2D eigenvalue weighted by atomic mass is 32.1. The summed E-state index contributed by atoms with van der Waals surface area (Å²) in [4.78, 5) is 37.9. The van der Waals surface area contributed by atoms with Crippen LogP contribution < -0.4 is 10.1 Å². The van der Waals surface area contributed by atoms with Crippen LogP contribution in [0.1, 0.15) is 24.4 Å². The van der Waals surface area contributed by atoms with Gasteiger partial charge in [0.15, 0.2) is 4.80 Å². The first-order chi connectivity index (χ1) is 12.4. The summed E-state index contributed by atoms with van der Waals surface area (Å²) in [6.45, 7) is 3.91. The quantitative estimate of drug-likeness (QED) is 0.556. The lowest BCUT2D eigenvalue weighted by Gasteiger charge is -2.03. The highest BCUT2D eigenvalue weighted by Crippen LogP contribution is 2.22. The van der Waals surface area contributed by atoms with E-state index in [2.05, 4.69) is 10.3 Å². The number of hydrogen-bond donors (Lipinski definition) is 1. The average molecular weight is 374 g/mol. The minimum absolute atomic E-state index is 0.177. The molecule has 1 N–H and O–H groups in total. The number of carbonyl (C=O) groups excluding carboxylic acids is 2. The van der Waals surface area contributed by atoms with Crippen molar-refractivity contribution in [2.45, 2.75) is 20.4 Å². The number of nitrogens with one attached hydrogen (secondary N) is 1. The molecule has 0 saturated heterocycles. The van der Waals surface area contributed by atoms with Gasteiger partial charge in [0.2, 0.25) is 11.7 Å². The van der Waals surface area contributed by atoms with E-state index in [0.29, 0.717) is 17.0 Å². The summed E-state index contributed by atoms with van der Waals surface area (Å²) in [5.41, 5.74) is 1.51. The van der Waals surface area contributed by atoms with E-state index in [1.807, 2.05) is 17.6 Å². The van der Waals surface area contributed by atoms with Crippen LogP contribution in [0.2, 0.25) is 0 Å². The molecular formula is C16H14N4O5S. The molecule has 134 valence electrons. The highest BCUT2D eigenvalue weighted by Gasteiger charge is 2.17. The minimum Gasteiger partial charge on any atom is -0.395 e. The van der Waals surface area contributed by atoms with Crippen LogP contribution in [0, 0.1) is 10.1 Å². The zero-order valence-electron chi connectivity index (χ0n) is 13.9. The Morgan fingerprint density at radius 1 is 1.35 bits per heavy atom. The number of nitro groups is 1. The number of aromatic nitrogens is 1. The SMILES string of the molecule is CCn1c(=NC(=O)c2ccc([N+](=O)[O-])o2)sc2cc(NC(C)=O)ccc21. The van der Waals surface area contributed by atoms with E-state index in [1.165, 1.54) is 24.3 Å². The van der Waals surface area contributed by atoms with Gasteiger partial charge in [-0.05, 0) is 31.2 Å². The van der Waals surface area contributed by atoms with Crippen molar-refractivity contribution in [2.24, 2.45) is 4.99 Å². The minimum atomic E-state index is -0.716. The van der Waals surface area contributed by atoms with E-state index in [-0.39, 0.29) is 11.7 Å². The van der Waals surface area contributed by atoms with Gasteiger partial charge in [0.1, 0.15) is 4.92 Å². The number of furan rings is 1. The van der Waals surface area contributed by atoms with Gasteiger partial charge in [-0.25, -0.2) is 0 Å². The zero-order chi connectivity index (χ0) is 18.8. The van der Waals surface area contributed by atoms with Crippen LogP contribution in [0.4, 0.5) is 11.6 Å². The average Bonchev–Trinajstić information content (AvgIpc) is 3.18. The van der Waals surface area contributed by atoms with E-state index < -0.39 is 16.7 Å². The maximum atomic E-state index is 12.3. The molecule has 0 atom stereocenters. The molecule has 0 aliphatic heterocycles. The Morgan fingerprint density at radius 3 is 2.73 bits per heavy atom.